The van der Waals surface area contributed by atoms with Gasteiger partial charge in [-0.2, -0.15) is 5.10 Å². The summed E-state index contributed by atoms with van der Waals surface area (Å²) in [5.74, 6) is 0.417. The zero-order chi connectivity index (χ0) is 17.1. The van der Waals surface area contributed by atoms with Crippen molar-refractivity contribution in [2.75, 3.05) is 11.9 Å². The number of hydrogen-bond acceptors (Lipinski definition) is 3. The summed E-state index contributed by atoms with van der Waals surface area (Å²) in [7, 11) is 0. The number of H-pyrrole nitrogens is 1. The fourth-order valence-corrected chi connectivity index (χ4v) is 3.10. The number of carbonyl (C=O) groups excluding carboxylic acids is 1. The molecule has 0 spiro atoms. The SMILES string of the molecule is O=C(Nc1n[nH]c2c1COCC2)c1ccccc1Cc1ccccc1. The van der Waals surface area contributed by atoms with Gasteiger partial charge < -0.3 is 10.1 Å². The molecule has 4 rings (SSSR count). The molecular formula is C20H19N3O2. The molecule has 25 heavy (non-hydrogen) atoms. The first-order valence-corrected chi connectivity index (χ1v) is 8.38. The van der Waals surface area contributed by atoms with Crippen LogP contribution in [0.4, 0.5) is 5.82 Å². The van der Waals surface area contributed by atoms with Crippen molar-refractivity contribution in [1.29, 1.82) is 0 Å². The second-order valence-corrected chi connectivity index (χ2v) is 6.11. The Morgan fingerprint density at radius 2 is 1.92 bits per heavy atom. The molecule has 0 radical (unpaired) electrons. The summed E-state index contributed by atoms with van der Waals surface area (Å²) in [5, 5.41) is 10.2. The average Bonchev–Trinajstić information content (AvgIpc) is 3.06. The fourth-order valence-electron chi connectivity index (χ4n) is 3.10. The lowest BCUT2D eigenvalue weighted by Crippen LogP contribution is -2.17. The van der Waals surface area contributed by atoms with E-state index in [0.29, 0.717) is 31.0 Å². The van der Waals surface area contributed by atoms with Crippen LogP contribution >= 0.6 is 0 Å². The number of benzene rings is 2. The van der Waals surface area contributed by atoms with E-state index < -0.39 is 0 Å². The fraction of sp³-hybridized carbons (Fsp3) is 0.200. The lowest BCUT2D eigenvalue weighted by Gasteiger charge is -2.13. The maximum atomic E-state index is 12.8. The number of nitrogens with zero attached hydrogens (tertiary/aromatic N) is 1. The van der Waals surface area contributed by atoms with E-state index >= 15 is 0 Å². The zero-order valence-corrected chi connectivity index (χ0v) is 13.8. The van der Waals surface area contributed by atoms with Gasteiger partial charge in [0.25, 0.3) is 5.91 Å². The number of carbonyl (C=O) groups is 1. The van der Waals surface area contributed by atoms with Crippen LogP contribution in [0.25, 0.3) is 0 Å². The number of fused-ring (bicyclic) bond motifs is 1. The van der Waals surface area contributed by atoms with E-state index in [9.17, 15) is 4.79 Å². The highest BCUT2D eigenvalue weighted by atomic mass is 16.5. The Balaban J connectivity index is 1.57. The van der Waals surface area contributed by atoms with Crippen LogP contribution in [0.1, 0.15) is 32.7 Å². The number of nitrogens with one attached hydrogen (secondary N) is 2. The third-order valence-electron chi connectivity index (χ3n) is 4.43. The summed E-state index contributed by atoms with van der Waals surface area (Å²) in [6, 6.07) is 17.8. The van der Waals surface area contributed by atoms with Gasteiger partial charge in [-0.3, -0.25) is 9.89 Å². The maximum absolute atomic E-state index is 12.8. The number of aromatic amines is 1. The number of rotatable bonds is 4. The van der Waals surface area contributed by atoms with Gasteiger partial charge >= 0.3 is 0 Å². The average molecular weight is 333 g/mol. The Bertz CT molecular complexity index is 887. The molecule has 1 aromatic heterocycles. The van der Waals surface area contributed by atoms with Gasteiger partial charge in [0.15, 0.2) is 5.82 Å². The molecule has 1 amide bonds. The topological polar surface area (TPSA) is 67.0 Å². The van der Waals surface area contributed by atoms with Crippen molar-refractivity contribution in [3.8, 4) is 0 Å². The monoisotopic (exact) mass is 333 g/mol. The normalized spacial score (nSPS) is 13.3. The molecule has 1 aliphatic rings. The van der Waals surface area contributed by atoms with Crippen LogP contribution < -0.4 is 5.32 Å². The number of aromatic nitrogens is 2. The standard InChI is InChI=1S/C20H19N3O2/c24-20(21-19-17-13-25-11-10-18(17)22-23-19)16-9-5-4-8-15(16)12-14-6-2-1-3-7-14/h1-9H,10-13H2,(H2,21,22,23,24). The van der Waals surface area contributed by atoms with Gasteiger partial charge in [-0.25, -0.2) is 0 Å². The molecule has 5 nitrogen and oxygen atoms in total. The van der Waals surface area contributed by atoms with Gasteiger partial charge in [0.1, 0.15) is 0 Å². The van der Waals surface area contributed by atoms with Gasteiger partial charge in [0.05, 0.1) is 13.2 Å². The summed E-state index contributed by atoms with van der Waals surface area (Å²) < 4.78 is 5.47. The summed E-state index contributed by atoms with van der Waals surface area (Å²) in [6.07, 6.45) is 1.51. The van der Waals surface area contributed by atoms with Gasteiger partial charge in [0.2, 0.25) is 0 Å². The lowest BCUT2D eigenvalue weighted by atomic mass is 9.99. The van der Waals surface area contributed by atoms with E-state index in [1.54, 1.807) is 0 Å². The second kappa shape index (κ2) is 6.91. The summed E-state index contributed by atoms with van der Waals surface area (Å²) in [5.41, 5.74) is 4.82. The minimum atomic E-state index is -0.147. The summed E-state index contributed by atoms with van der Waals surface area (Å²) >= 11 is 0. The minimum Gasteiger partial charge on any atom is -0.376 e. The van der Waals surface area contributed by atoms with E-state index in [-0.39, 0.29) is 5.91 Å². The predicted octanol–water partition coefficient (Wildman–Crippen LogP) is 3.33. The van der Waals surface area contributed by atoms with E-state index in [0.717, 1.165) is 23.2 Å². The number of hydrogen-bond donors (Lipinski definition) is 2. The van der Waals surface area contributed by atoms with Crippen LogP contribution in [-0.4, -0.2) is 22.7 Å². The zero-order valence-electron chi connectivity index (χ0n) is 13.8. The first kappa shape index (κ1) is 15.6. The number of anilines is 1. The van der Waals surface area contributed by atoms with E-state index in [4.69, 9.17) is 4.74 Å². The van der Waals surface area contributed by atoms with Crippen molar-refractivity contribution in [1.82, 2.24) is 10.2 Å². The maximum Gasteiger partial charge on any atom is 0.257 e. The van der Waals surface area contributed by atoms with Crippen LogP contribution in [0.5, 0.6) is 0 Å². The van der Waals surface area contributed by atoms with Crippen molar-refractivity contribution < 1.29 is 9.53 Å². The highest BCUT2D eigenvalue weighted by Crippen LogP contribution is 2.23. The molecule has 0 saturated heterocycles. The third-order valence-corrected chi connectivity index (χ3v) is 4.43. The quantitative estimate of drug-likeness (QED) is 0.769. The molecule has 0 saturated carbocycles. The Kier molecular flexibility index (Phi) is 4.31. The molecule has 126 valence electrons. The summed E-state index contributed by atoms with van der Waals surface area (Å²) in [6.45, 7) is 1.16. The largest absolute Gasteiger partial charge is 0.376 e. The van der Waals surface area contributed by atoms with Crippen molar-refractivity contribution in [2.45, 2.75) is 19.4 Å². The Hall–Kier alpha value is -2.92. The molecule has 0 fully saturated rings. The molecule has 0 bridgehead atoms. The lowest BCUT2D eigenvalue weighted by molar-refractivity contribution is 0.102. The van der Waals surface area contributed by atoms with Gasteiger partial charge in [-0.1, -0.05) is 48.5 Å². The van der Waals surface area contributed by atoms with Crippen molar-refractivity contribution >= 4 is 11.7 Å². The molecule has 0 unspecified atom stereocenters. The number of amides is 1. The number of ether oxygens (including phenoxy) is 1. The highest BCUT2D eigenvalue weighted by Gasteiger charge is 2.20. The van der Waals surface area contributed by atoms with Crippen LogP contribution in [0.15, 0.2) is 54.6 Å². The minimum absolute atomic E-state index is 0.147. The molecule has 0 atom stereocenters. The molecule has 0 aliphatic carbocycles. The molecule has 2 aromatic carbocycles. The molecular weight excluding hydrogens is 314 g/mol. The van der Waals surface area contributed by atoms with E-state index in [1.165, 1.54) is 5.56 Å². The van der Waals surface area contributed by atoms with Crippen LogP contribution in [0, 0.1) is 0 Å². The molecule has 1 aliphatic heterocycles. The smallest absolute Gasteiger partial charge is 0.257 e. The molecule has 2 N–H and O–H groups in total. The molecule has 5 heteroatoms. The highest BCUT2D eigenvalue weighted by molar-refractivity contribution is 6.05. The Morgan fingerprint density at radius 3 is 2.80 bits per heavy atom. The van der Waals surface area contributed by atoms with Crippen LogP contribution in [0.2, 0.25) is 0 Å². The first-order valence-electron chi connectivity index (χ1n) is 8.38. The van der Waals surface area contributed by atoms with Crippen molar-refractivity contribution in [3.63, 3.8) is 0 Å². The first-order chi connectivity index (χ1) is 12.3. The van der Waals surface area contributed by atoms with E-state index in [2.05, 4.69) is 27.6 Å². The summed E-state index contributed by atoms with van der Waals surface area (Å²) in [4.78, 5) is 12.8. The predicted molar refractivity (Wildman–Crippen MR) is 95.6 cm³/mol. The molecule has 3 aromatic rings. The second-order valence-electron chi connectivity index (χ2n) is 6.11. The van der Waals surface area contributed by atoms with Gasteiger partial charge in [-0.15, -0.1) is 0 Å². The molecule has 2 heterocycles. The Labute approximate surface area is 146 Å². The van der Waals surface area contributed by atoms with E-state index in [1.807, 2.05) is 42.5 Å². The van der Waals surface area contributed by atoms with Crippen LogP contribution in [0.3, 0.4) is 0 Å². The third kappa shape index (κ3) is 3.32. The van der Waals surface area contributed by atoms with Crippen molar-refractivity contribution in [3.05, 3.63) is 82.5 Å². The Morgan fingerprint density at radius 1 is 1.12 bits per heavy atom. The van der Waals surface area contributed by atoms with Crippen molar-refractivity contribution in [2.24, 2.45) is 0 Å². The van der Waals surface area contributed by atoms with Gasteiger partial charge in [0, 0.05) is 23.2 Å². The van der Waals surface area contributed by atoms with Crippen LogP contribution in [-0.2, 0) is 24.2 Å². The van der Waals surface area contributed by atoms with Gasteiger partial charge in [-0.05, 0) is 23.6 Å².